The Kier molecular flexibility index (Phi) is 3.53. The average Bonchev–Trinajstić information content (AvgIpc) is 2.68. The highest BCUT2D eigenvalue weighted by molar-refractivity contribution is 5.59. The molecule has 0 aliphatic carbocycles. The average molecular weight is 248 g/mol. The highest BCUT2D eigenvalue weighted by atomic mass is 16.3. The summed E-state index contributed by atoms with van der Waals surface area (Å²) in [6.45, 7) is 2.25. The van der Waals surface area contributed by atoms with Crippen molar-refractivity contribution in [3.8, 4) is 6.07 Å². The quantitative estimate of drug-likeness (QED) is 0.693. The van der Waals surface area contributed by atoms with Crippen molar-refractivity contribution in [2.45, 2.75) is 25.2 Å². The Bertz CT molecular complexity index is 472. The van der Waals surface area contributed by atoms with Crippen LogP contribution in [0.15, 0.2) is 18.2 Å². The third-order valence-corrected chi connectivity index (χ3v) is 3.21. The van der Waals surface area contributed by atoms with E-state index in [1.54, 1.807) is 30.0 Å². The van der Waals surface area contributed by atoms with Gasteiger partial charge in [0.2, 0.25) is 0 Å². The summed E-state index contributed by atoms with van der Waals surface area (Å²) < 4.78 is 0. The van der Waals surface area contributed by atoms with Crippen molar-refractivity contribution >= 4 is 5.69 Å². The lowest BCUT2D eigenvalue weighted by atomic mass is 10.0. The van der Waals surface area contributed by atoms with Crippen LogP contribution in [0.25, 0.3) is 0 Å². The monoisotopic (exact) mass is 248 g/mol. The van der Waals surface area contributed by atoms with Crippen LogP contribution in [0.2, 0.25) is 0 Å². The number of aliphatic hydroxyl groups excluding tert-OH is 3. The molecule has 96 valence electrons. The third-order valence-electron chi connectivity index (χ3n) is 3.21. The molecule has 1 aliphatic heterocycles. The van der Waals surface area contributed by atoms with Crippen molar-refractivity contribution in [3.63, 3.8) is 0 Å². The van der Waals surface area contributed by atoms with Crippen LogP contribution < -0.4 is 4.90 Å². The van der Waals surface area contributed by atoms with E-state index in [9.17, 15) is 15.3 Å². The zero-order chi connectivity index (χ0) is 13.3. The van der Waals surface area contributed by atoms with E-state index in [-0.39, 0.29) is 0 Å². The van der Waals surface area contributed by atoms with E-state index in [1.165, 1.54) is 0 Å². The molecule has 3 atom stereocenters. The molecule has 1 aliphatic rings. The molecule has 1 aromatic carbocycles. The number of hydrogen-bond acceptors (Lipinski definition) is 5. The van der Waals surface area contributed by atoms with Gasteiger partial charge in [-0.15, -0.1) is 0 Å². The number of benzene rings is 1. The second-order valence-electron chi connectivity index (χ2n) is 4.60. The Labute approximate surface area is 106 Å². The Hall–Kier alpha value is -1.61. The molecule has 1 heterocycles. The zero-order valence-electron chi connectivity index (χ0n) is 10.1. The lowest BCUT2D eigenvalue weighted by Gasteiger charge is -2.23. The topological polar surface area (TPSA) is 87.7 Å². The molecule has 0 bridgehead atoms. The van der Waals surface area contributed by atoms with Crippen LogP contribution in [0.5, 0.6) is 0 Å². The number of β-amino-alcohol motifs (C(OH)–C–C–N with tert-alkyl or cyclic N) is 2. The van der Waals surface area contributed by atoms with E-state index in [0.29, 0.717) is 29.9 Å². The van der Waals surface area contributed by atoms with Gasteiger partial charge in [0.05, 0.1) is 29.9 Å². The summed E-state index contributed by atoms with van der Waals surface area (Å²) in [5, 5.41) is 37.8. The first-order chi connectivity index (χ1) is 8.52. The molecule has 1 saturated heterocycles. The second kappa shape index (κ2) is 4.94. The summed E-state index contributed by atoms with van der Waals surface area (Å²) in [7, 11) is 0. The minimum atomic E-state index is -0.794. The SMILES string of the molecule is C[C@@H](O)c1ccc(C#N)cc1N1CC(O)C(O)C1. The van der Waals surface area contributed by atoms with Crippen LogP contribution in [-0.4, -0.2) is 40.6 Å². The number of anilines is 1. The molecule has 0 amide bonds. The molecule has 0 saturated carbocycles. The minimum Gasteiger partial charge on any atom is -0.389 e. The first-order valence-electron chi connectivity index (χ1n) is 5.86. The van der Waals surface area contributed by atoms with E-state index >= 15 is 0 Å². The first kappa shape index (κ1) is 12.8. The fourth-order valence-electron chi connectivity index (χ4n) is 2.21. The highest BCUT2D eigenvalue weighted by Gasteiger charge is 2.31. The molecule has 0 radical (unpaired) electrons. The lowest BCUT2D eigenvalue weighted by Crippen LogP contribution is -2.23. The van der Waals surface area contributed by atoms with Gasteiger partial charge < -0.3 is 20.2 Å². The van der Waals surface area contributed by atoms with Crippen molar-refractivity contribution in [1.29, 1.82) is 5.26 Å². The van der Waals surface area contributed by atoms with Crippen molar-refractivity contribution in [2.75, 3.05) is 18.0 Å². The summed E-state index contributed by atoms with van der Waals surface area (Å²) in [4.78, 5) is 1.79. The van der Waals surface area contributed by atoms with E-state index < -0.39 is 18.3 Å². The van der Waals surface area contributed by atoms with E-state index in [0.717, 1.165) is 0 Å². The summed E-state index contributed by atoms with van der Waals surface area (Å²) in [5.41, 5.74) is 1.88. The van der Waals surface area contributed by atoms with Gasteiger partial charge in [-0.2, -0.15) is 5.26 Å². The van der Waals surface area contributed by atoms with Gasteiger partial charge in [0, 0.05) is 24.3 Å². The van der Waals surface area contributed by atoms with Gasteiger partial charge in [-0.25, -0.2) is 0 Å². The third kappa shape index (κ3) is 2.31. The van der Waals surface area contributed by atoms with Gasteiger partial charge in [0.25, 0.3) is 0 Å². The molecular weight excluding hydrogens is 232 g/mol. The lowest BCUT2D eigenvalue weighted by molar-refractivity contribution is 0.0572. The molecule has 3 N–H and O–H groups in total. The van der Waals surface area contributed by atoms with Crippen molar-refractivity contribution < 1.29 is 15.3 Å². The van der Waals surface area contributed by atoms with Crippen molar-refractivity contribution in [2.24, 2.45) is 0 Å². The molecular formula is C13H16N2O3. The normalized spacial score (nSPS) is 24.9. The number of nitriles is 1. The van der Waals surface area contributed by atoms with Crippen LogP contribution in [0, 0.1) is 11.3 Å². The Morgan fingerprint density at radius 3 is 2.44 bits per heavy atom. The number of nitrogens with zero attached hydrogens (tertiary/aromatic N) is 2. The summed E-state index contributed by atoms with van der Waals surface area (Å²) in [6.07, 6.45) is -2.25. The Morgan fingerprint density at radius 1 is 1.33 bits per heavy atom. The number of rotatable bonds is 2. The molecule has 1 aromatic rings. The van der Waals surface area contributed by atoms with Gasteiger partial charge in [-0.05, 0) is 19.1 Å². The van der Waals surface area contributed by atoms with Crippen LogP contribution in [0.3, 0.4) is 0 Å². The predicted octanol–water partition coefficient (Wildman–Crippen LogP) is 0.153. The molecule has 2 unspecified atom stereocenters. The van der Waals surface area contributed by atoms with E-state index in [2.05, 4.69) is 0 Å². The maximum atomic E-state index is 9.73. The maximum Gasteiger partial charge on any atom is 0.0992 e. The predicted molar refractivity (Wildman–Crippen MR) is 66.0 cm³/mol. The van der Waals surface area contributed by atoms with Crippen LogP contribution in [0.1, 0.15) is 24.2 Å². The standard InChI is InChI=1S/C13H16N2O3/c1-8(16)10-3-2-9(5-14)4-11(10)15-6-12(17)13(18)7-15/h2-4,8,12-13,16-18H,6-7H2,1H3/t8-,12?,13?/m1/s1. The van der Waals surface area contributed by atoms with Crippen molar-refractivity contribution in [3.05, 3.63) is 29.3 Å². The zero-order valence-corrected chi connectivity index (χ0v) is 10.1. The minimum absolute atomic E-state index is 0.301. The van der Waals surface area contributed by atoms with Crippen molar-refractivity contribution in [1.82, 2.24) is 0 Å². The Balaban J connectivity index is 2.39. The molecule has 0 aromatic heterocycles. The summed E-state index contributed by atoms with van der Waals surface area (Å²) in [6, 6.07) is 7.07. The number of aliphatic hydroxyl groups is 3. The van der Waals surface area contributed by atoms with Gasteiger partial charge >= 0.3 is 0 Å². The Morgan fingerprint density at radius 2 is 1.94 bits per heavy atom. The van der Waals surface area contributed by atoms with Crippen LogP contribution >= 0.6 is 0 Å². The summed E-state index contributed by atoms with van der Waals surface area (Å²) in [5.74, 6) is 0. The van der Waals surface area contributed by atoms with E-state index in [4.69, 9.17) is 5.26 Å². The maximum absolute atomic E-state index is 9.73. The molecule has 1 fully saturated rings. The molecule has 5 nitrogen and oxygen atoms in total. The van der Waals surface area contributed by atoms with Gasteiger partial charge in [0.1, 0.15) is 0 Å². The van der Waals surface area contributed by atoms with E-state index in [1.807, 2.05) is 6.07 Å². The molecule has 2 rings (SSSR count). The molecule has 0 spiro atoms. The molecule has 18 heavy (non-hydrogen) atoms. The summed E-state index contributed by atoms with van der Waals surface area (Å²) >= 11 is 0. The molecule has 5 heteroatoms. The first-order valence-corrected chi connectivity index (χ1v) is 5.86. The van der Waals surface area contributed by atoms with Crippen LogP contribution in [0.4, 0.5) is 5.69 Å². The largest absolute Gasteiger partial charge is 0.389 e. The smallest absolute Gasteiger partial charge is 0.0992 e. The fourth-order valence-corrected chi connectivity index (χ4v) is 2.21. The fraction of sp³-hybridized carbons (Fsp3) is 0.462. The second-order valence-corrected chi connectivity index (χ2v) is 4.60. The highest BCUT2D eigenvalue weighted by Crippen LogP contribution is 2.30. The number of hydrogen-bond donors (Lipinski definition) is 3. The van der Waals surface area contributed by atoms with Gasteiger partial charge in [-0.3, -0.25) is 0 Å². The van der Waals surface area contributed by atoms with Gasteiger partial charge in [0.15, 0.2) is 0 Å². The van der Waals surface area contributed by atoms with Crippen LogP contribution in [-0.2, 0) is 0 Å². The van der Waals surface area contributed by atoms with Gasteiger partial charge in [-0.1, -0.05) is 6.07 Å².